The third kappa shape index (κ3) is 4.67. The molecule has 36 heavy (non-hydrogen) atoms. The third-order valence-corrected chi connectivity index (χ3v) is 6.45. The van der Waals surface area contributed by atoms with Gasteiger partial charge in [-0.25, -0.2) is 4.39 Å². The number of aromatic hydroxyl groups is 1. The molecule has 0 saturated carbocycles. The van der Waals surface area contributed by atoms with E-state index < -0.39 is 5.82 Å². The first-order valence-corrected chi connectivity index (χ1v) is 11.8. The third-order valence-electron chi connectivity index (χ3n) is 6.13. The molecule has 7 nitrogen and oxygen atoms in total. The molecule has 9 heteroatoms. The van der Waals surface area contributed by atoms with Gasteiger partial charge in [-0.3, -0.25) is 4.79 Å². The number of hydrogen-bond acceptors (Lipinski definition) is 7. The van der Waals surface area contributed by atoms with E-state index >= 15 is 0 Å². The first-order valence-electron chi connectivity index (χ1n) is 11.5. The maximum Gasteiger partial charge on any atom is 0.161 e. The van der Waals surface area contributed by atoms with E-state index in [1.165, 1.54) is 24.3 Å². The van der Waals surface area contributed by atoms with Crippen LogP contribution in [0.5, 0.6) is 5.75 Å². The van der Waals surface area contributed by atoms with Crippen molar-refractivity contribution in [3.63, 3.8) is 0 Å². The number of rotatable bonds is 6. The van der Waals surface area contributed by atoms with Gasteiger partial charge in [-0.05, 0) is 42.5 Å². The number of hydrogen-bond donors (Lipinski definition) is 2. The number of piperazine rings is 1. The largest absolute Gasteiger partial charge is 0.507 e. The highest BCUT2D eigenvalue weighted by Gasteiger charge is 2.23. The Morgan fingerprint density at radius 1 is 0.972 bits per heavy atom. The van der Waals surface area contributed by atoms with Gasteiger partial charge in [0.05, 0.1) is 5.56 Å². The first-order chi connectivity index (χ1) is 17.5. The van der Waals surface area contributed by atoms with Gasteiger partial charge in [0.25, 0.3) is 0 Å². The van der Waals surface area contributed by atoms with Crippen LogP contribution in [0.1, 0.15) is 0 Å². The molecule has 1 aliphatic rings. The zero-order valence-electron chi connectivity index (χ0n) is 19.2. The average molecular weight is 504 g/mol. The molecule has 0 radical (unpaired) electrons. The van der Waals surface area contributed by atoms with Gasteiger partial charge in [-0.2, -0.15) is 0 Å². The van der Waals surface area contributed by atoms with Gasteiger partial charge in [-0.15, -0.1) is 10.2 Å². The standard InChI is InChI=1S/C27H23ClFN5O2/c28-22-17-20-19(16-21(22)25-23(29)8-4-9-24(25)36)26(30-18-6-2-1-3-7-18)31-32-27(20)34-13-11-33(12-14-34)10-5-15-35/h1-10,15-17,36H,11-14H2,(H,30,31). The molecule has 1 fully saturated rings. The topological polar surface area (TPSA) is 81.6 Å². The van der Waals surface area contributed by atoms with Crippen molar-refractivity contribution in [2.24, 2.45) is 0 Å². The molecule has 0 amide bonds. The van der Waals surface area contributed by atoms with E-state index in [1.807, 2.05) is 30.3 Å². The Morgan fingerprint density at radius 2 is 1.75 bits per heavy atom. The molecule has 4 aromatic rings. The molecule has 0 bridgehead atoms. The second-order valence-electron chi connectivity index (χ2n) is 8.38. The predicted octanol–water partition coefficient (Wildman–Crippen LogP) is 5.37. The number of aromatic nitrogens is 2. The SMILES string of the molecule is O=CC=CN1CCN(c2nnc(Nc3ccccc3)c3cc(-c4c(O)cccc4F)c(Cl)cc23)CC1. The van der Waals surface area contributed by atoms with Gasteiger partial charge < -0.3 is 20.2 Å². The Bertz CT molecular complexity index is 1420. The average Bonchev–Trinajstić information content (AvgIpc) is 2.89. The van der Waals surface area contributed by atoms with Crippen LogP contribution in [0.4, 0.5) is 21.7 Å². The van der Waals surface area contributed by atoms with Crippen molar-refractivity contribution in [3.05, 3.63) is 83.8 Å². The maximum absolute atomic E-state index is 14.8. The predicted molar refractivity (Wildman–Crippen MR) is 140 cm³/mol. The molecule has 2 N–H and O–H groups in total. The summed E-state index contributed by atoms with van der Waals surface area (Å²) in [6.07, 6.45) is 4.02. The molecule has 182 valence electrons. The van der Waals surface area contributed by atoms with Gasteiger partial charge in [0, 0.05) is 59.4 Å². The van der Waals surface area contributed by atoms with Gasteiger partial charge >= 0.3 is 0 Å². The van der Waals surface area contributed by atoms with Crippen LogP contribution in [-0.4, -0.2) is 52.7 Å². The van der Waals surface area contributed by atoms with E-state index in [1.54, 1.807) is 18.3 Å². The zero-order valence-corrected chi connectivity index (χ0v) is 20.0. The van der Waals surface area contributed by atoms with Gasteiger partial charge in [0.2, 0.25) is 0 Å². The number of allylic oxidation sites excluding steroid dienone is 1. The van der Waals surface area contributed by atoms with E-state index in [0.29, 0.717) is 48.8 Å². The number of benzene rings is 3. The van der Waals surface area contributed by atoms with Crippen LogP contribution in [0.2, 0.25) is 5.02 Å². The van der Waals surface area contributed by atoms with E-state index in [0.717, 1.165) is 17.4 Å². The minimum atomic E-state index is -0.574. The van der Waals surface area contributed by atoms with Gasteiger partial charge in [0.1, 0.15) is 17.9 Å². The highest BCUT2D eigenvalue weighted by molar-refractivity contribution is 6.34. The van der Waals surface area contributed by atoms with Crippen LogP contribution in [0.25, 0.3) is 21.9 Å². The number of halogens is 2. The van der Waals surface area contributed by atoms with Gasteiger partial charge in [-0.1, -0.05) is 35.9 Å². The monoisotopic (exact) mass is 503 g/mol. The second-order valence-corrected chi connectivity index (χ2v) is 8.78. The molecule has 0 aliphatic carbocycles. The lowest BCUT2D eigenvalue weighted by Gasteiger charge is -2.35. The molecule has 3 aromatic carbocycles. The summed E-state index contributed by atoms with van der Waals surface area (Å²) in [5.74, 6) is 0.376. The fourth-order valence-corrected chi connectivity index (χ4v) is 4.61. The fraction of sp³-hybridized carbons (Fsp3) is 0.148. The van der Waals surface area contributed by atoms with Crippen LogP contribution in [0, 0.1) is 5.82 Å². The highest BCUT2D eigenvalue weighted by Crippen LogP contribution is 2.42. The molecule has 1 aliphatic heterocycles. The summed E-state index contributed by atoms with van der Waals surface area (Å²) in [7, 11) is 0. The normalized spacial score (nSPS) is 13.9. The summed E-state index contributed by atoms with van der Waals surface area (Å²) in [5, 5.41) is 24.4. The quantitative estimate of drug-likeness (QED) is 0.270. The van der Waals surface area contributed by atoms with Crippen molar-refractivity contribution in [3.8, 4) is 16.9 Å². The lowest BCUT2D eigenvalue weighted by atomic mass is 10.00. The molecule has 0 unspecified atom stereocenters. The smallest absolute Gasteiger partial charge is 0.161 e. The summed E-state index contributed by atoms with van der Waals surface area (Å²) < 4.78 is 14.8. The van der Waals surface area contributed by atoms with Gasteiger partial charge in [0.15, 0.2) is 11.6 Å². The molecule has 0 spiro atoms. The van der Waals surface area contributed by atoms with Crippen molar-refractivity contribution >= 4 is 46.0 Å². The molecule has 1 aromatic heterocycles. The number of phenols is 1. The second kappa shape index (κ2) is 10.2. The van der Waals surface area contributed by atoms with Crippen LogP contribution in [0.15, 0.2) is 72.9 Å². The Labute approximate surface area is 212 Å². The van der Waals surface area contributed by atoms with Crippen molar-refractivity contribution in [1.29, 1.82) is 0 Å². The lowest BCUT2D eigenvalue weighted by molar-refractivity contribution is -0.104. The molecule has 1 saturated heterocycles. The van der Waals surface area contributed by atoms with Crippen LogP contribution in [0.3, 0.4) is 0 Å². The van der Waals surface area contributed by atoms with Crippen LogP contribution >= 0.6 is 11.6 Å². The van der Waals surface area contributed by atoms with Crippen LogP contribution in [-0.2, 0) is 4.79 Å². The van der Waals surface area contributed by atoms with Crippen molar-refractivity contribution in [2.45, 2.75) is 0 Å². The maximum atomic E-state index is 14.8. The summed E-state index contributed by atoms with van der Waals surface area (Å²) in [6, 6.07) is 17.2. The van der Waals surface area contributed by atoms with Crippen LogP contribution < -0.4 is 10.2 Å². The zero-order chi connectivity index (χ0) is 25.1. The molecule has 0 atom stereocenters. The number of phenolic OH excluding ortho intramolecular Hbond substituents is 1. The Kier molecular flexibility index (Phi) is 6.69. The molecular formula is C27H23ClFN5O2. The molecule has 2 heterocycles. The van der Waals surface area contributed by atoms with E-state index in [-0.39, 0.29) is 16.3 Å². The lowest BCUT2D eigenvalue weighted by Crippen LogP contribution is -2.44. The van der Waals surface area contributed by atoms with Crippen molar-refractivity contribution in [1.82, 2.24) is 15.1 Å². The van der Waals surface area contributed by atoms with Crippen molar-refractivity contribution < 1.29 is 14.3 Å². The first kappa shape index (κ1) is 23.6. The minimum Gasteiger partial charge on any atom is -0.507 e. The summed E-state index contributed by atoms with van der Waals surface area (Å²) in [5.41, 5.74) is 1.21. The number of nitrogens with zero attached hydrogens (tertiary/aromatic N) is 4. The van der Waals surface area contributed by atoms with E-state index in [2.05, 4.69) is 25.3 Å². The molecular weight excluding hydrogens is 481 g/mol. The summed E-state index contributed by atoms with van der Waals surface area (Å²) in [4.78, 5) is 14.8. The number of anilines is 3. The Hall–Kier alpha value is -4.17. The Morgan fingerprint density at radius 3 is 2.47 bits per heavy atom. The number of fused-ring (bicyclic) bond motifs is 1. The summed E-state index contributed by atoms with van der Waals surface area (Å²) in [6.45, 7) is 2.77. The minimum absolute atomic E-state index is 0.0315. The number of carbonyl (C=O) groups excluding carboxylic acids is 1. The highest BCUT2D eigenvalue weighted by atomic mass is 35.5. The Balaban J connectivity index is 1.62. The summed E-state index contributed by atoms with van der Waals surface area (Å²) >= 11 is 6.67. The number of nitrogens with one attached hydrogen (secondary N) is 1. The fourth-order valence-electron chi connectivity index (χ4n) is 4.35. The number of para-hydroxylation sites is 1. The van der Waals surface area contributed by atoms with E-state index in [9.17, 15) is 14.3 Å². The number of aldehydes is 1. The number of carbonyl (C=O) groups is 1. The molecule has 5 rings (SSSR count). The van der Waals surface area contributed by atoms with E-state index in [4.69, 9.17) is 11.6 Å². The van der Waals surface area contributed by atoms with Crippen molar-refractivity contribution in [2.75, 3.05) is 36.4 Å².